The number of carbonyl (C=O) groups excluding carboxylic acids is 1. The van der Waals surface area contributed by atoms with E-state index < -0.39 is 0 Å². The molecule has 0 spiro atoms. The molecule has 3 N–H and O–H groups in total. The van der Waals surface area contributed by atoms with Crippen molar-refractivity contribution in [3.8, 4) is 0 Å². The van der Waals surface area contributed by atoms with Gasteiger partial charge < -0.3 is 16.0 Å². The maximum absolute atomic E-state index is 12.6. The number of anilines is 1. The molecule has 0 bridgehead atoms. The van der Waals surface area contributed by atoms with Crippen LogP contribution in [-0.4, -0.2) is 30.6 Å². The fourth-order valence-electron chi connectivity index (χ4n) is 1.29. The molecule has 0 saturated heterocycles. The number of amides is 2. The molecule has 1 aromatic rings. The number of benzene rings is 1. The Morgan fingerprint density at radius 2 is 2.06 bits per heavy atom. The number of likely N-dealkylation sites (N-methyl/N-ethyl adjacent to an activating group) is 1. The molecule has 1 rings (SSSR count). The molecule has 5 heteroatoms. The van der Waals surface area contributed by atoms with Crippen LogP contribution in [0.3, 0.4) is 0 Å². The first kappa shape index (κ1) is 12.4. The third-order valence-electron chi connectivity index (χ3n) is 2.16. The maximum Gasteiger partial charge on any atom is 0.321 e. The van der Waals surface area contributed by atoms with Gasteiger partial charge in [-0.25, -0.2) is 9.18 Å². The van der Waals surface area contributed by atoms with E-state index in [9.17, 15) is 9.18 Å². The number of hydrogen-bond donors (Lipinski definition) is 2. The van der Waals surface area contributed by atoms with Crippen molar-refractivity contribution in [2.45, 2.75) is 6.92 Å². The average molecular weight is 225 g/mol. The van der Waals surface area contributed by atoms with E-state index in [-0.39, 0.29) is 11.8 Å². The van der Waals surface area contributed by atoms with E-state index in [1.165, 1.54) is 24.3 Å². The second-order valence-electron chi connectivity index (χ2n) is 3.31. The summed E-state index contributed by atoms with van der Waals surface area (Å²) < 4.78 is 12.6. The Bertz CT molecular complexity index is 340. The van der Waals surface area contributed by atoms with Gasteiger partial charge in [0.25, 0.3) is 0 Å². The minimum Gasteiger partial charge on any atom is -0.329 e. The Labute approximate surface area is 94.2 Å². The molecule has 16 heavy (non-hydrogen) atoms. The van der Waals surface area contributed by atoms with Crippen molar-refractivity contribution in [1.29, 1.82) is 0 Å². The van der Waals surface area contributed by atoms with Crippen LogP contribution < -0.4 is 11.1 Å². The first-order valence-electron chi connectivity index (χ1n) is 5.19. The van der Waals surface area contributed by atoms with Gasteiger partial charge in [-0.05, 0) is 31.2 Å². The zero-order valence-electron chi connectivity index (χ0n) is 9.24. The second kappa shape index (κ2) is 6.07. The quantitative estimate of drug-likeness (QED) is 0.818. The zero-order chi connectivity index (χ0) is 12.0. The van der Waals surface area contributed by atoms with Gasteiger partial charge in [0.2, 0.25) is 0 Å². The molecule has 0 fully saturated rings. The Morgan fingerprint density at radius 1 is 1.44 bits per heavy atom. The summed E-state index contributed by atoms with van der Waals surface area (Å²) in [6.45, 7) is 3.39. The molecule has 0 saturated carbocycles. The topological polar surface area (TPSA) is 58.4 Å². The molecule has 0 aliphatic rings. The lowest BCUT2D eigenvalue weighted by Crippen LogP contribution is -2.38. The van der Waals surface area contributed by atoms with Crippen LogP contribution in [0, 0.1) is 5.82 Å². The molecule has 88 valence electrons. The van der Waals surface area contributed by atoms with E-state index in [1.807, 2.05) is 6.92 Å². The molecule has 0 heterocycles. The molecule has 1 aromatic carbocycles. The average Bonchev–Trinajstić information content (AvgIpc) is 2.29. The van der Waals surface area contributed by atoms with Crippen LogP contribution in [0.25, 0.3) is 0 Å². The first-order valence-corrected chi connectivity index (χ1v) is 5.19. The standard InChI is InChI=1S/C11H16FN3O/c1-2-15(8-7-13)11(16)14-10-5-3-9(12)4-6-10/h3-6H,2,7-8,13H2,1H3,(H,14,16). The Kier molecular flexibility index (Phi) is 4.72. The molecule has 0 atom stereocenters. The monoisotopic (exact) mass is 225 g/mol. The number of urea groups is 1. The third kappa shape index (κ3) is 3.51. The van der Waals surface area contributed by atoms with Crippen molar-refractivity contribution in [3.05, 3.63) is 30.1 Å². The highest BCUT2D eigenvalue weighted by Crippen LogP contribution is 2.09. The molecular weight excluding hydrogens is 209 g/mol. The largest absolute Gasteiger partial charge is 0.329 e. The normalized spacial score (nSPS) is 9.94. The minimum absolute atomic E-state index is 0.223. The number of halogens is 1. The van der Waals surface area contributed by atoms with Gasteiger partial charge in [0.1, 0.15) is 5.82 Å². The molecule has 2 amide bonds. The van der Waals surface area contributed by atoms with Crippen LogP contribution in [0.2, 0.25) is 0 Å². The predicted octanol–water partition coefficient (Wildman–Crippen LogP) is 1.64. The summed E-state index contributed by atoms with van der Waals surface area (Å²) in [5.74, 6) is -0.327. The lowest BCUT2D eigenvalue weighted by Gasteiger charge is -2.20. The van der Waals surface area contributed by atoms with Crippen molar-refractivity contribution in [2.24, 2.45) is 5.73 Å². The van der Waals surface area contributed by atoms with Crippen LogP contribution in [-0.2, 0) is 0 Å². The van der Waals surface area contributed by atoms with Gasteiger partial charge in [0.15, 0.2) is 0 Å². The highest BCUT2D eigenvalue weighted by atomic mass is 19.1. The highest BCUT2D eigenvalue weighted by Gasteiger charge is 2.10. The SMILES string of the molecule is CCN(CCN)C(=O)Nc1ccc(F)cc1. The summed E-state index contributed by atoms with van der Waals surface area (Å²) in [6.07, 6.45) is 0. The fraction of sp³-hybridized carbons (Fsp3) is 0.364. The summed E-state index contributed by atoms with van der Waals surface area (Å²) >= 11 is 0. The van der Waals surface area contributed by atoms with Gasteiger partial charge in [-0.15, -0.1) is 0 Å². The lowest BCUT2D eigenvalue weighted by atomic mass is 10.3. The van der Waals surface area contributed by atoms with Crippen LogP contribution >= 0.6 is 0 Å². The van der Waals surface area contributed by atoms with Crippen LogP contribution in [0.1, 0.15) is 6.92 Å². The van der Waals surface area contributed by atoms with Crippen molar-refractivity contribution < 1.29 is 9.18 Å². The van der Waals surface area contributed by atoms with Crippen LogP contribution in [0.15, 0.2) is 24.3 Å². The Morgan fingerprint density at radius 3 is 2.56 bits per heavy atom. The van der Waals surface area contributed by atoms with E-state index in [0.29, 0.717) is 25.3 Å². The summed E-state index contributed by atoms with van der Waals surface area (Å²) in [4.78, 5) is 13.3. The van der Waals surface area contributed by atoms with Gasteiger partial charge in [-0.3, -0.25) is 0 Å². The lowest BCUT2D eigenvalue weighted by molar-refractivity contribution is 0.216. The van der Waals surface area contributed by atoms with Gasteiger partial charge >= 0.3 is 6.03 Å². The Balaban J connectivity index is 2.59. The molecule has 0 aromatic heterocycles. The van der Waals surface area contributed by atoms with E-state index in [0.717, 1.165) is 0 Å². The Hall–Kier alpha value is -1.62. The molecular formula is C11H16FN3O. The van der Waals surface area contributed by atoms with Gasteiger partial charge in [-0.2, -0.15) is 0 Å². The maximum atomic E-state index is 12.6. The van der Waals surface area contributed by atoms with Gasteiger partial charge in [-0.1, -0.05) is 0 Å². The highest BCUT2D eigenvalue weighted by molar-refractivity contribution is 5.89. The number of nitrogens with zero attached hydrogens (tertiary/aromatic N) is 1. The van der Waals surface area contributed by atoms with Crippen molar-refractivity contribution in [3.63, 3.8) is 0 Å². The number of rotatable bonds is 4. The van der Waals surface area contributed by atoms with Crippen molar-refractivity contribution in [2.75, 3.05) is 25.0 Å². The number of hydrogen-bond acceptors (Lipinski definition) is 2. The number of nitrogens with one attached hydrogen (secondary N) is 1. The second-order valence-corrected chi connectivity index (χ2v) is 3.31. The van der Waals surface area contributed by atoms with E-state index in [4.69, 9.17) is 5.73 Å². The van der Waals surface area contributed by atoms with Gasteiger partial charge in [0.05, 0.1) is 0 Å². The van der Waals surface area contributed by atoms with Crippen LogP contribution in [0.5, 0.6) is 0 Å². The summed E-state index contributed by atoms with van der Waals surface area (Å²) in [6, 6.07) is 5.41. The minimum atomic E-state index is -0.327. The van der Waals surface area contributed by atoms with Crippen molar-refractivity contribution in [1.82, 2.24) is 4.90 Å². The summed E-state index contributed by atoms with van der Waals surface area (Å²) in [7, 11) is 0. The van der Waals surface area contributed by atoms with E-state index in [2.05, 4.69) is 5.32 Å². The summed E-state index contributed by atoms with van der Waals surface area (Å²) in [5.41, 5.74) is 5.96. The smallest absolute Gasteiger partial charge is 0.321 e. The number of nitrogens with two attached hydrogens (primary N) is 1. The van der Waals surface area contributed by atoms with Gasteiger partial charge in [0, 0.05) is 25.3 Å². The zero-order valence-corrected chi connectivity index (χ0v) is 9.24. The van der Waals surface area contributed by atoms with E-state index >= 15 is 0 Å². The van der Waals surface area contributed by atoms with Crippen molar-refractivity contribution >= 4 is 11.7 Å². The molecule has 4 nitrogen and oxygen atoms in total. The fourth-order valence-corrected chi connectivity index (χ4v) is 1.29. The van der Waals surface area contributed by atoms with E-state index in [1.54, 1.807) is 4.90 Å². The third-order valence-corrected chi connectivity index (χ3v) is 2.16. The molecule has 0 aliphatic heterocycles. The van der Waals surface area contributed by atoms with Crippen LogP contribution in [0.4, 0.5) is 14.9 Å². The predicted molar refractivity (Wildman–Crippen MR) is 61.7 cm³/mol. The summed E-state index contributed by atoms with van der Waals surface area (Å²) in [5, 5.41) is 2.67. The molecule has 0 radical (unpaired) electrons. The molecule has 0 unspecified atom stereocenters. The molecule has 0 aliphatic carbocycles. The number of carbonyl (C=O) groups is 1. The first-order chi connectivity index (χ1) is 7.67.